The Morgan fingerprint density at radius 2 is 2.12 bits per heavy atom. The fraction of sp³-hybridized carbons (Fsp3) is 0.353. The van der Waals surface area contributed by atoms with Gasteiger partial charge in [-0.2, -0.15) is 5.26 Å². The molecule has 1 heterocycles. The summed E-state index contributed by atoms with van der Waals surface area (Å²) in [6.07, 6.45) is 0. The Hall–Kier alpha value is -2.08. The lowest BCUT2D eigenvalue weighted by Crippen LogP contribution is -2.36. The zero-order valence-electron chi connectivity index (χ0n) is 14.1. The molecule has 0 bridgehead atoms. The molecular formula is C17H22IN5O. The molecule has 0 atom stereocenters. The summed E-state index contributed by atoms with van der Waals surface area (Å²) >= 11 is 0. The largest absolute Gasteiger partial charge is 0.444 e. The topological polar surface area (TPSA) is 86.2 Å². The third-order valence-electron chi connectivity index (χ3n) is 3.30. The normalized spacial score (nSPS) is 10.7. The van der Waals surface area contributed by atoms with Crippen LogP contribution in [0.3, 0.4) is 0 Å². The number of halogens is 1. The third-order valence-corrected chi connectivity index (χ3v) is 3.30. The first-order valence-electron chi connectivity index (χ1n) is 7.56. The Morgan fingerprint density at radius 1 is 1.33 bits per heavy atom. The van der Waals surface area contributed by atoms with Crippen molar-refractivity contribution in [3.63, 3.8) is 0 Å². The van der Waals surface area contributed by atoms with E-state index in [1.807, 2.05) is 39.0 Å². The SMILES string of the molecule is CCNC(=NCc1cccc(C#N)c1)NCc1nc(C)c(C)o1.I. The van der Waals surface area contributed by atoms with Crippen molar-refractivity contribution in [2.75, 3.05) is 6.54 Å². The van der Waals surface area contributed by atoms with Gasteiger partial charge in [0.15, 0.2) is 5.96 Å². The first-order valence-corrected chi connectivity index (χ1v) is 7.56. The second kappa shape index (κ2) is 9.93. The molecule has 1 aromatic heterocycles. The molecule has 24 heavy (non-hydrogen) atoms. The van der Waals surface area contributed by atoms with Gasteiger partial charge in [0.05, 0.1) is 30.4 Å². The zero-order valence-corrected chi connectivity index (χ0v) is 16.4. The minimum Gasteiger partial charge on any atom is -0.444 e. The van der Waals surface area contributed by atoms with Crippen LogP contribution in [-0.4, -0.2) is 17.5 Å². The van der Waals surface area contributed by atoms with E-state index >= 15 is 0 Å². The van der Waals surface area contributed by atoms with Crippen LogP contribution in [0.5, 0.6) is 0 Å². The summed E-state index contributed by atoms with van der Waals surface area (Å²) in [6, 6.07) is 9.57. The van der Waals surface area contributed by atoms with Gasteiger partial charge in [0, 0.05) is 6.54 Å². The molecule has 0 aliphatic rings. The average molecular weight is 439 g/mol. The molecule has 1 aromatic carbocycles. The van der Waals surface area contributed by atoms with E-state index in [2.05, 4.69) is 26.7 Å². The quantitative estimate of drug-likeness (QED) is 0.425. The molecule has 0 aliphatic heterocycles. The summed E-state index contributed by atoms with van der Waals surface area (Å²) in [6.45, 7) is 7.55. The summed E-state index contributed by atoms with van der Waals surface area (Å²) in [5.41, 5.74) is 2.53. The van der Waals surface area contributed by atoms with Gasteiger partial charge in [-0.05, 0) is 38.5 Å². The molecule has 128 valence electrons. The molecule has 0 aliphatic carbocycles. The second-order valence-corrected chi connectivity index (χ2v) is 5.11. The van der Waals surface area contributed by atoms with Gasteiger partial charge >= 0.3 is 0 Å². The number of hydrogen-bond donors (Lipinski definition) is 2. The van der Waals surface area contributed by atoms with E-state index in [0.717, 1.165) is 23.6 Å². The Bertz CT molecular complexity index is 713. The lowest BCUT2D eigenvalue weighted by atomic mass is 10.1. The number of nitrogens with zero attached hydrogens (tertiary/aromatic N) is 3. The predicted octanol–water partition coefficient (Wildman–Crippen LogP) is 3.04. The number of nitriles is 1. The Kier molecular flexibility index (Phi) is 8.26. The Labute approximate surface area is 159 Å². The van der Waals surface area contributed by atoms with Crippen LogP contribution in [0.4, 0.5) is 0 Å². The Balaban J connectivity index is 0.00000288. The highest BCUT2D eigenvalue weighted by molar-refractivity contribution is 14.0. The smallest absolute Gasteiger partial charge is 0.214 e. The highest BCUT2D eigenvalue weighted by Crippen LogP contribution is 2.08. The molecule has 0 saturated heterocycles. The number of aromatic nitrogens is 1. The molecule has 0 unspecified atom stereocenters. The van der Waals surface area contributed by atoms with Crippen molar-refractivity contribution in [2.45, 2.75) is 33.9 Å². The van der Waals surface area contributed by atoms with Crippen molar-refractivity contribution >= 4 is 29.9 Å². The van der Waals surface area contributed by atoms with Crippen molar-refractivity contribution < 1.29 is 4.42 Å². The maximum atomic E-state index is 8.93. The second-order valence-electron chi connectivity index (χ2n) is 5.11. The van der Waals surface area contributed by atoms with E-state index in [1.54, 1.807) is 6.07 Å². The van der Waals surface area contributed by atoms with E-state index < -0.39 is 0 Å². The molecular weight excluding hydrogens is 417 g/mol. The molecule has 0 radical (unpaired) electrons. The van der Waals surface area contributed by atoms with Crippen molar-refractivity contribution in [3.05, 3.63) is 52.7 Å². The molecule has 7 heteroatoms. The summed E-state index contributed by atoms with van der Waals surface area (Å²) in [5.74, 6) is 2.15. The predicted molar refractivity (Wildman–Crippen MR) is 104 cm³/mol. The molecule has 0 fully saturated rings. The number of hydrogen-bond acceptors (Lipinski definition) is 4. The van der Waals surface area contributed by atoms with Gasteiger partial charge in [-0.15, -0.1) is 24.0 Å². The number of nitrogens with one attached hydrogen (secondary N) is 2. The number of oxazole rings is 1. The highest BCUT2D eigenvalue weighted by Gasteiger charge is 2.06. The summed E-state index contributed by atoms with van der Waals surface area (Å²) in [5, 5.41) is 15.3. The van der Waals surface area contributed by atoms with Crippen LogP contribution in [0.25, 0.3) is 0 Å². The third kappa shape index (κ3) is 5.85. The first kappa shape index (κ1) is 20.0. The maximum absolute atomic E-state index is 8.93. The fourth-order valence-corrected chi connectivity index (χ4v) is 2.03. The molecule has 6 nitrogen and oxygen atoms in total. The minimum absolute atomic E-state index is 0. The summed E-state index contributed by atoms with van der Waals surface area (Å²) in [4.78, 5) is 8.85. The van der Waals surface area contributed by atoms with E-state index in [4.69, 9.17) is 9.68 Å². The van der Waals surface area contributed by atoms with Gasteiger partial charge in [-0.1, -0.05) is 12.1 Å². The first-order chi connectivity index (χ1) is 11.1. The highest BCUT2D eigenvalue weighted by atomic mass is 127. The van der Waals surface area contributed by atoms with E-state index in [-0.39, 0.29) is 24.0 Å². The molecule has 2 rings (SSSR count). The number of aliphatic imine (C=N–C) groups is 1. The van der Waals surface area contributed by atoms with Gasteiger partial charge in [-0.3, -0.25) is 0 Å². The van der Waals surface area contributed by atoms with Crippen LogP contribution < -0.4 is 10.6 Å². The van der Waals surface area contributed by atoms with Gasteiger partial charge in [0.2, 0.25) is 5.89 Å². The van der Waals surface area contributed by atoms with Crippen LogP contribution >= 0.6 is 24.0 Å². The number of guanidine groups is 1. The van der Waals surface area contributed by atoms with Crippen molar-refractivity contribution in [1.29, 1.82) is 5.26 Å². The lowest BCUT2D eigenvalue weighted by molar-refractivity contribution is 0.463. The van der Waals surface area contributed by atoms with E-state index in [0.29, 0.717) is 30.5 Å². The van der Waals surface area contributed by atoms with Crippen molar-refractivity contribution in [1.82, 2.24) is 15.6 Å². The van der Waals surface area contributed by atoms with Crippen LogP contribution in [0.2, 0.25) is 0 Å². The van der Waals surface area contributed by atoms with E-state index in [1.165, 1.54) is 0 Å². The molecule has 0 saturated carbocycles. The maximum Gasteiger partial charge on any atom is 0.214 e. The molecule has 0 spiro atoms. The lowest BCUT2D eigenvalue weighted by Gasteiger charge is -2.09. The van der Waals surface area contributed by atoms with Crippen LogP contribution in [0, 0.1) is 25.2 Å². The van der Waals surface area contributed by atoms with Gasteiger partial charge < -0.3 is 15.1 Å². The Morgan fingerprint density at radius 3 is 2.75 bits per heavy atom. The van der Waals surface area contributed by atoms with Crippen LogP contribution in [-0.2, 0) is 13.1 Å². The van der Waals surface area contributed by atoms with Gasteiger partial charge in [-0.25, -0.2) is 9.98 Å². The average Bonchev–Trinajstić information content (AvgIpc) is 2.88. The summed E-state index contributed by atoms with van der Waals surface area (Å²) in [7, 11) is 0. The monoisotopic (exact) mass is 439 g/mol. The standard InChI is InChI=1S/C17H21N5O.HI/c1-4-19-17(21-11-16-22-12(2)13(3)23-16)20-10-15-7-5-6-14(8-15)9-18;/h5-8H,4,10-11H2,1-3H3,(H2,19,20,21);1H. The number of benzene rings is 1. The van der Waals surface area contributed by atoms with Crippen LogP contribution in [0.1, 0.15) is 35.4 Å². The molecule has 2 N–H and O–H groups in total. The minimum atomic E-state index is 0. The fourth-order valence-electron chi connectivity index (χ4n) is 2.03. The van der Waals surface area contributed by atoms with Crippen LogP contribution in [0.15, 0.2) is 33.7 Å². The van der Waals surface area contributed by atoms with Gasteiger partial charge in [0.1, 0.15) is 5.76 Å². The van der Waals surface area contributed by atoms with E-state index in [9.17, 15) is 0 Å². The number of rotatable bonds is 5. The molecule has 0 amide bonds. The number of aryl methyl sites for hydroxylation is 2. The molecule has 2 aromatic rings. The van der Waals surface area contributed by atoms with Gasteiger partial charge in [0.25, 0.3) is 0 Å². The summed E-state index contributed by atoms with van der Waals surface area (Å²) < 4.78 is 5.54. The van der Waals surface area contributed by atoms with Crippen molar-refractivity contribution in [3.8, 4) is 6.07 Å². The zero-order chi connectivity index (χ0) is 16.7. The van der Waals surface area contributed by atoms with Crippen molar-refractivity contribution in [2.24, 2.45) is 4.99 Å².